The Labute approximate surface area is 215 Å². The first-order valence-electron chi connectivity index (χ1n) is 12.3. The van der Waals surface area contributed by atoms with E-state index in [1.54, 1.807) is 29.9 Å². The van der Waals surface area contributed by atoms with Crippen LogP contribution in [-0.2, 0) is 4.74 Å². The Morgan fingerprint density at radius 2 is 1.65 bits per heavy atom. The predicted octanol–water partition coefficient (Wildman–Crippen LogP) is 4.12. The molecule has 8 nitrogen and oxygen atoms in total. The van der Waals surface area contributed by atoms with Gasteiger partial charge in [0.15, 0.2) is 0 Å². The highest BCUT2D eigenvalue weighted by atomic mass is 16.5. The Morgan fingerprint density at radius 1 is 0.892 bits per heavy atom. The summed E-state index contributed by atoms with van der Waals surface area (Å²) in [5, 5.41) is 0.424. The third kappa shape index (κ3) is 4.62. The molecule has 0 unspecified atom stereocenters. The SMILES string of the molecule is COC(=O)c1ccc2c(=O)n(-c3cccc(OC)c3)c(N3CCN(c4cc(C)ccc4C)CC3)nc2c1. The van der Waals surface area contributed by atoms with Gasteiger partial charge >= 0.3 is 5.97 Å². The van der Waals surface area contributed by atoms with E-state index < -0.39 is 5.97 Å². The largest absolute Gasteiger partial charge is 0.497 e. The van der Waals surface area contributed by atoms with E-state index in [0.717, 1.165) is 13.1 Å². The molecule has 0 aliphatic carbocycles. The summed E-state index contributed by atoms with van der Waals surface area (Å²) in [6.45, 7) is 7.19. The second kappa shape index (κ2) is 9.97. The maximum Gasteiger partial charge on any atom is 0.337 e. The van der Waals surface area contributed by atoms with Crippen LogP contribution in [0.25, 0.3) is 16.6 Å². The number of methoxy groups -OCH3 is 2. The first-order chi connectivity index (χ1) is 17.9. The number of fused-ring (bicyclic) bond motifs is 1. The van der Waals surface area contributed by atoms with E-state index >= 15 is 0 Å². The average molecular weight is 499 g/mol. The smallest absolute Gasteiger partial charge is 0.337 e. The Morgan fingerprint density at radius 3 is 2.38 bits per heavy atom. The third-order valence-electron chi connectivity index (χ3n) is 6.85. The number of benzene rings is 3. The fourth-order valence-electron chi connectivity index (χ4n) is 4.82. The minimum absolute atomic E-state index is 0.207. The van der Waals surface area contributed by atoms with Gasteiger partial charge in [-0.25, -0.2) is 14.3 Å². The van der Waals surface area contributed by atoms with E-state index in [9.17, 15) is 9.59 Å². The molecular formula is C29H30N4O4. The molecule has 5 rings (SSSR count). The van der Waals surface area contributed by atoms with Gasteiger partial charge in [-0.1, -0.05) is 18.2 Å². The molecule has 0 spiro atoms. The zero-order valence-electron chi connectivity index (χ0n) is 21.5. The number of aromatic nitrogens is 2. The Bertz CT molecular complexity index is 1540. The molecule has 1 fully saturated rings. The highest BCUT2D eigenvalue weighted by Gasteiger charge is 2.24. The van der Waals surface area contributed by atoms with Gasteiger partial charge in [-0.3, -0.25) is 4.79 Å². The van der Waals surface area contributed by atoms with E-state index in [0.29, 0.717) is 46.9 Å². The molecule has 4 aromatic rings. The zero-order chi connectivity index (χ0) is 26.1. The van der Waals surface area contributed by atoms with Gasteiger partial charge in [0.05, 0.1) is 36.4 Å². The number of aryl methyl sites for hydroxylation is 2. The normalized spacial score (nSPS) is 13.6. The number of carbonyl (C=O) groups is 1. The first-order valence-corrected chi connectivity index (χ1v) is 12.3. The van der Waals surface area contributed by atoms with Crippen LogP contribution in [0.2, 0.25) is 0 Å². The van der Waals surface area contributed by atoms with Gasteiger partial charge in [0.1, 0.15) is 5.75 Å². The molecule has 0 bridgehead atoms. The van der Waals surface area contributed by atoms with Gasteiger partial charge in [-0.15, -0.1) is 0 Å². The molecule has 1 aliphatic heterocycles. The summed E-state index contributed by atoms with van der Waals surface area (Å²) in [6, 6.07) is 18.7. The highest BCUT2D eigenvalue weighted by molar-refractivity contribution is 5.94. The second-order valence-corrected chi connectivity index (χ2v) is 9.24. The van der Waals surface area contributed by atoms with E-state index in [1.165, 1.54) is 23.9 Å². The number of ether oxygens (including phenoxy) is 2. The van der Waals surface area contributed by atoms with Crippen LogP contribution >= 0.6 is 0 Å². The molecule has 0 saturated carbocycles. The van der Waals surface area contributed by atoms with Crippen LogP contribution in [0.15, 0.2) is 65.5 Å². The van der Waals surface area contributed by atoms with Crippen molar-refractivity contribution < 1.29 is 14.3 Å². The number of carbonyl (C=O) groups excluding carboxylic acids is 1. The summed E-state index contributed by atoms with van der Waals surface area (Å²) in [5.41, 5.74) is 4.98. The van der Waals surface area contributed by atoms with Crippen LogP contribution in [0, 0.1) is 13.8 Å². The quantitative estimate of drug-likeness (QED) is 0.383. The molecule has 2 heterocycles. The van der Waals surface area contributed by atoms with E-state index in [1.807, 2.05) is 24.3 Å². The third-order valence-corrected chi connectivity index (χ3v) is 6.85. The first kappa shape index (κ1) is 24.4. The summed E-state index contributed by atoms with van der Waals surface area (Å²) in [6.07, 6.45) is 0. The number of esters is 1. The number of anilines is 2. The number of piperazine rings is 1. The fraction of sp³-hybridized carbons (Fsp3) is 0.276. The molecular weight excluding hydrogens is 468 g/mol. The maximum absolute atomic E-state index is 13.8. The lowest BCUT2D eigenvalue weighted by molar-refractivity contribution is 0.0601. The highest BCUT2D eigenvalue weighted by Crippen LogP contribution is 2.27. The number of hydrogen-bond donors (Lipinski definition) is 0. The number of rotatable bonds is 5. The summed E-state index contributed by atoms with van der Waals surface area (Å²) >= 11 is 0. The van der Waals surface area contributed by atoms with Gasteiger partial charge in [0, 0.05) is 37.9 Å². The van der Waals surface area contributed by atoms with E-state index in [4.69, 9.17) is 14.5 Å². The van der Waals surface area contributed by atoms with Crippen LogP contribution in [0.1, 0.15) is 21.5 Å². The van der Waals surface area contributed by atoms with Crippen LogP contribution < -0.4 is 20.1 Å². The summed E-state index contributed by atoms with van der Waals surface area (Å²) < 4.78 is 11.9. The van der Waals surface area contributed by atoms with Crippen molar-refractivity contribution >= 4 is 28.5 Å². The summed E-state index contributed by atoms with van der Waals surface area (Å²) in [7, 11) is 2.93. The standard InChI is InChI=1S/C29H30N4O4/c1-19-8-9-20(2)26(16-19)31-12-14-32(15-13-31)29-30-25-17-21(28(35)37-4)10-11-24(25)27(34)33(29)22-6-5-7-23(18-22)36-3/h5-11,16-18H,12-15H2,1-4H3. The topological polar surface area (TPSA) is 76.9 Å². The van der Waals surface area contributed by atoms with E-state index in [-0.39, 0.29) is 5.56 Å². The van der Waals surface area contributed by atoms with Crippen molar-refractivity contribution in [2.75, 3.05) is 50.2 Å². The minimum Gasteiger partial charge on any atom is -0.497 e. The molecule has 1 aromatic heterocycles. The Kier molecular flexibility index (Phi) is 6.56. The van der Waals surface area contributed by atoms with Crippen molar-refractivity contribution in [2.24, 2.45) is 0 Å². The number of nitrogens with zero attached hydrogens (tertiary/aromatic N) is 4. The lowest BCUT2D eigenvalue weighted by atomic mass is 10.1. The molecule has 37 heavy (non-hydrogen) atoms. The molecule has 0 radical (unpaired) electrons. The van der Waals surface area contributed by atoms with Crippen LogP contribution in [0.3, 0.4) is 0 Å². The van der Waals surface area contributed by atoms with Crippen molar-refractivity contribution in [1.82, 2.24) is 9.55 Å². The molecule has 1 saturated heterocycles. The second-order valence-electron chi connectivity index (χ2n) is 9.24. The maximum atomic E-state index is 13.8. The molecule has 8 heteroatoms. The van der Waals surface area contributed by atoms with Gasteiger partial charge in [-0.2, -0.15) is 0 Å². The minimum atomic E-state index is -0.468. The van der Waals surface area contributed by atoms with Crippen LogP contribution in [0.5, 0.6) is 5.75 Å². The molecule has 0 N–H and O–H groups in total. The van der Waals surface area contributed by atoms with Crippen molar-refractivity contribution in [3.63, 3.8) is 0 Å². The van der Waals surface area contributed by atoms with E-state index in [2.05, 4.69) is 41.8 Å². The molecule has 0 amide bonds. The fourth-order valence-corrected chi connectivity index (χ4v) is 4.82. The molecule has 1 aliphatic rings. The Hall–Kier alpha value is -4.33. The van der Waals surface area contributed by atoms with Crippen LogP contribution in [-0.4, -0.2) is 55.9 Å². The average Bonchev–Trinajstić information content (AvgIpc) is 2.93. The van der Waals surface area contributed by atoms with Crippen molar-refractivity contribution in [3.8, 4) is 11.4 Å². The van der Waals surface area contributed by atoms with Crippen molar-refractivity contribution in [2.45, 2.75) is 13.8 Å². The number of hydrogen-bond acceptors (Lipinski definition) is 7. The lowest BCUT2D eigenvalue weighted by Crippen LogP contribution is -2.48. The summed E-state index contributed by atoms with van der Waals surface area (Å²) in [5.74, 6) is 0.717. The van der Waals surface area contributed by atoms with Gasteiger partial charge < -0.3 is 19.3 Å². The van der Waals surface area contributed by atoms with Gasteiger partial charge in [-0.05, 0) is 61.4 Å². The zero-order valence-corrected chi connectivity index (χ0v) is 21.5. The van der Waals surface area contributed by atoms with Gasteiger partial charge in [0.25, 0.3) is 5.56 Å². The molecule has 0 atom stereocenters. The Balaban J connectivity index is 1.59. The predicted molar refractivity (Wildman–Crippen MR) is 146 cm³/mol. The van der Waals surface area contributed by atoms with Crippen LogP contribution in [0.4, 0.5) is 11.6 Å². The summed E-state index contributed by atoms with van der Waals surface area (Å²) in [4.78, 5) is 35.4. The monoisotopic (exact) mass is 498 g/mol. The molecule has 3 aromatic carbocycles. The molecule has 190 valence electrons. The van der Waals surface area contributed by atoms with Crippen molar-refractivity contribution in [3.05, 3.63) is 87.7 Å². The van der Waals surface area contributed by atoms with Gasteiger partial charge in [0.2, 0.25) is 5.95 Å². The lowest BCUT2D eigenvalue weighted by Gasteiger charge is -2.38. The van der Waals surface area contributed by atoms with Crippen molar-refractivity contribution in [1.29, 1.82) is 0 Å².